The second-order valence-electron chi connectivity index (χ2n) is 14.9. The maximum absolute atomic E-state index is 5.17. The largest absolute Gasteiger partial charge is 0.228 e. The molecule has 0 saturated carbocycles. The minimum absolute atomic E-state index is 0.704. The van der Waals surface area contributed by atoms with E-state index in [1.165, 1.54) is 72.0 Å². The summed E-state index contributed by atoms with van der Waals surface area (Å²) in [5.74, 6) is 0.704. The summed E-state index contributed by atoms with van der Waals surface area (Å²) in [6.45, 7) is 0. The van der Waals surface area contributed by atoms with Crippen LogP contribution >= 0.6 is 0 Å². The summed E-state index contributed by atoms with van der Waals surface area (Å²) in [7, 11) is 0. The van der Waals surface area contributed by atoms with Gasteiger partial charge in [0.25, 0.3) is 0 Å². The average molecular weight is 737 g/mol. The minimum atomic E-state index is 0.704. The first kappa shape index (κ1) is 33.6. The molecule has 0 N–H and O–H groups in total. The Morgan fingerprint density at radius 3 is 1.22 bits per heavy atom. The lowest BCUT2D eigenvalue weighted by molar-refractivity contribution is 1.18. The molecule has 0 unspecified atom stereocenters. The Labute approximate surface area is 338 Å². The van der Waals surface area contributed by atoms with Gasteiger partial charge in [-0.15, -0.1) is 0 Å². The molecule has 1 aliphatic rings. The van der Waals surface area contributed by atoms with Crippen LogP contribution in [0, 0.1) is 0 Å². The van der Waals surface area contributed by atoms with E-state index >= 15 is 0 Å². The third kappa shape index (κ3) is 5.82. The Balaban J connectivity index is 1.08. The molecule has 0 amide bonds. The van der Waals surface area contributed by atoms with Crippen LogP contribution in [0.15, 0.2) is 218 Å². The van der Waals surface area contributed by atoms with Crippen LogP contribution in [-0.2, 0) is 0 Å². The number of hydrogen-bond acceptors (Lipinski definition) is 2. The molecule has 0 fully saturated rings. The minimum Gasteiger partial charge on any atom is -0.228 e. The predicted octanol–water partition coefficient (Wildman–Crippen LogP) is 14.9. The van der Waals surface area contributed by atoms with Crippen LogP contribution in [0.3, 0.4) is 0 Å². The summed E-state index contributed by atoms with van der Waals surface area (Å²) < 4.78 is 0. The van der Waals surface area contributed by atoms with Gasteiger partial charge in [0.2, 0.25) is 0 Å². The van der Waals surface area contributed by atoms with Crippen molar-refractivity contribution in [1.82, 2.24) is 9.97 Å². The third-order valence-corrected chi connectivity index (χ3v) is 11.5. The van der Waals surface area contributed by atoms with Gasteiger partial charge in [-0.1, -0.05) is 206 Å². The van der Waals surface area contributed by atoms with Gasteiger partial charge in [0.1, 0.15) is 0 Å². The lowest BCUT2D eigenvalue weighted by Crippen LogP contribution is -1.96. The molecule has 0 radical (unpaired) electrons. The molecule has 10 aromatic rings. The van der Waals surface area contributed by atoms with Crippen molar-refractivity contribution >= 4 is 10.8 Å². The van der Waals surface area contributed by atoms with Gasteiger partial charge >= 0.3 is 0 Å². The lowest BCUT2D eigenvalue weighted by atomic mass is 9.82. The standard InChI is InChI=1S/C56H36N2/c1-5-15-37(16-6-1)38-27-31-41(32-28-38)50-36-51(58-56(57-50)45-21-11-4-12-22-45)42-33-29-40(30-34-42)48-35-49(39-17-7-2-8-18-39)54-46-25-13-23-43-24-14-26-47(52(43)46)55(54)53(48)44-19-9-3-10-20-44/h1-36H. The maximum Gasteiger partial charge on any atom is 0.160 e. The Morgan fingerprint density at radius 2 is 0.655 bits per heavy atom. The monoisotopic (exact) mass is 736 g/mol. The summed E-state index contributed by atoms with van der Waals surface area (Å²) in [5.41, 5.74) is 19.6. The number of nitrogens with zero attached hydrogens (tertiary/aromatic N) is 2. The highest BCUT2D eigenvalue weighted by molar-refractivity contribution is 6.22. The summed E-state index contributed by atoms with van der Waals surface area (Å²) in [5, 5.41) is 2.59. The zero-order valence-corrected chi connectivity index (χ0v) is 31.7. The number of rotatable bonds is 7. The molecule has 9 aromatic carbocycles. The van der Waals surface area contributed by atoms with E-state index in [9.17, 15) is 0 Å². The van der Waals surface area contributed by atoms with E-state index in [4.69, 9.17) is 9.97 Å². The molecule has 2 nitrogen and oxygen atoms in total. The number of aromatic nitrogens is 2. The Hall–Kier alpha value is -7.68. The van der Waals surface area contributed by atoms with Gasteiger partial charge in [-0.25, -0.2) is 9.97 Å². The highest BCUT2D eigenvalue weighted by Gasteiger charge is 2.30. The Morgan fingerprint density at radius 1 is 0.241 bits per heavy atom. The summed E-state index contributed by atoms with van der Waals surface area (Å²) in [6.07, 6.45) is 0. The third-order valence-electron chi connectivity index (χ3n) is 11.5. The second-order valence-corrected chi connectivity index (χ2v) is 14.9. The number of benzene rings is 9. The Kier molecular flexibility index (Phi) is 8.19. The molecular weight excluding hydrogens is 701 g/mol. The highest BCUT2D eigenvalue weighted by Crippen LogP contribution is 2.57. The molecule has 0 saturated heterocycles. The number of hydrogen-bond donors (Lipinski definition) is 0. The summed E-state index contributed by atoms with van der Waals surface area (Å²) in [6, 6.07) is 78.1. The number of fused-ring (bicyclic) bond motifs is 3. The maximum atomic E-state index is 5.17. The van der Waals surface area contributed by atoms with E-state index in [1.54, 1.807) is 0 Å². The van der Waals surface area contributed by atoms with Crippen molar-refractivity contribution in [3.63, 3.8) is 0 Å². The van der Waals surface area contributed by atoms with Crippen LogP contribution in [0.1, 0.15) is 0 Å². The normalized spacial score (nSPS) is 11.4. The lowest BCUT2D eigenvalue weighted by Gasteiger charge is -2.21. The van der Waals surface area contributed by atoms with E-state index < -0.39 is 0 Å². The van der Waals surface area contributed by atoms with E-state index in [1.807, 2.05) is 24.3 Å². The zero-order chi connectivity index (χ0) is 38.4. The average Bonchev–Trinajstić information content (AvgIpc) is 3.65. The SMILES string of the molecule is c1ccc(-c2ccc(-c3cc(-c4ccc(-c5cc(-c6ccccc6)c6c(c5-c5ccccc5)-c5cccc7cccc-6c57)cc4)nc(-c4ccccc4)n3)cc2)cc1. The molecule has 0 aliphatic heterocycles. The molecule has 58 heavy (non-hydrogen) atoms. The van der Waals surface area contributed by atoms with Crippen molar-refractivity contribution in [1.29, 1.82) is 0 Å². The topological polar surface area (TPSA) is 25.8 Å². The van der Waals surface area contributed by atoms with Crippen molar-refractivity contribution < 1.29 is 0 Å². The summed E-state index contributed by atoms with van der Waals surface area (Å²) >= 11 is 0. The molecule has 1 heterocycles. The van der Waals surface area contributed by atoms with Crippen molar-refractivity contribution in [2.75, 3.05) is 0 Å². The molecule has 2 heteroatoms. The van der Waals surface area contributed by atoms with Gasteiger partial charge in [-0.2, -0.15) is 0 Å². The van der Waals surface area contributed by atoms with E-state index in [2.05, 4.69) is 194 Å². The molecule has 270 valence electrons. The molecule has 11 rings (SSSR count). The second kappa shape index (κ2) is 14.1. The fraction of sp³-hybridized carbons (Fsp3) is 0. The van der Waals surface area contributed by atoms with Gasteiger partial charge in [-0.05, 0) is 89.7 Å². The smallest absolute Gasteiger partial charge is 0.160 e. The fourth-order valence-electron chi connectivity index (χ4n) is 8.71. The molecule has 0 atom stereocenters. The summed E-state index contributed by atoms with van der Waals surface area (Å²) in [4.78, 5) is 10.3. The van der Waals surface area contributed by atoms with Gasteiger partial charge in [-0.3, -0.25) is 0 Å². The first-order chi connectivity index (χ1) is 28.8. The van der Waals surface area contributed by atoms with Crippen LogP contribution in [0.4, 0.5) is 0 Å². The first-order valence-electron chi connectivity index (χ1n) is 19.8. The van der Waals surface area contributed by atoms with Gasteiger partial charge in [0.15, 0.2) is 5.82 Å². The predicted molar refractivity (Wildman–Crippen MR) is 242 cm³/mol. The van der Waals surface area contributed by atoms with Crippen molar-refractivity contribution in [2.24, 2.45) is 0 Å². The van der Waals surface area contributed by atoms with Gasteiger partial charge in [0, 0.05) is 16.7 Å². The molecule has 1 aliphatic carbocycles. The van der Waals surface area contributed by atoms with Crippen LogP contribution in [-0.4, -0.2) is 9.97 Å². The Bertz CT molecular complexity index is 3100. The van der Waals surface area contributed by atoms with Crippen molar-refractivity contribution in [3.05, 3.63) is 218 Å². The van der Waals surface area contributed by atoms with E-state index in [-0.39, 0.29) is 0 Å². The zero-order valence-electron chi connectivity index (χ0n) is 31.7. The van der Waals surface area contributed by atoms with Crippen LogP contribution in [0.2, 0.25) is 0 Å². The fourth-order valence-corrected chi connectivity index (χ4v) is 8.71. The van der Waals surface area contributed by atoms with E-state index in [0.29, 0.717) is 5.82 Å². The van der Waals surface area contributed by atoms with Gasteiger partial charge in [0.05, 0.1) is 11.4 Å². The van der Waals surface area contributed by atoms with Crippen LogP contribution in [0.5, 0.6) is 0 Å². The van der Waals surface area contributed by atoms with Crippen molar-refractivity contribution in [3.8, 4) is 101 Å². The van der Waals surface area contributed by atoms with E-state index in [0.717, 1.165) is 33.6 Å². The highest BCUT2D eigenvalue weighted by atomic mass is 14.9. The van der Waals surface area contributed by atoms with Crippen LogP contribution in [0.25, 0.3) is 111 Å². The molecule has 0 spiro atoms. The first-order valence-corrected chi connectivity index (χ1v) is 19.8. The van der Waals surface area contributed by atoms with Crippen LogP contribution < -0.4 is 0 Å². The molecular formula is C56H36N2. The quantitative estimate of drug-likeness (QED) is 0.163. The molecule has 1 aromatic heterocycles. The van der Waals surface area contributed by atoms with Crippen molar-refractivity contribution in [2.45, 2.75) is 0 Å². The van der Waals surface area contributed by atoms with Gasteiger partial charge < -0.3 is 0 Å². The molecule has 0 bridgehead atoms.